The molecule has 3 heteroatoms. The van der Waals surface area contributed by atoms with Crippen LogP contribution in [0.15, 0.2) is 103 Å². The Morgan fingerprint density at radius 2 is 1.37 bits per heavy atom. The highest BCUT2D eigenvalue weighted by molar-refractivity contribution is 5.76. The van der Waals surface area contributed by atoms with Gasteiger partial charge in [-0.2, -0.15) is 0 Å². The van der Waals surface area contributed by atoms with Gasteiger partial charge in [-0.1, -0.05) is 99.6 Å². The second-order valence-electron chi connectivity index (χ2n) is 10.0. The van der Waals surface area contributed by atoms with E-state index in [0.717, 1.165) is 35.6 Å². The molecule has 0 saturated heterocycles. The highest BCUT2D eigenvalue weighted by atomic mass is 16.5. The molecule has 0 radical (unpaired) electrons. The molecule has 0 amide bonds. The van der Waals surface area contributed by atoms with E-state index in [4.69, 9.17) is 9.72 Å². The van der Waals surface area contributed by atoms with Gasteiger partial charge in [0.05, 0.1) is 17.6 Å². The average Bonchev–Trinajstić information content (AvgIpc) is 3.22. The number of para-hydroxylation sites is 2. The molecule has 1 heterocycles. The number of ether oxygens (including phenoxy) is 1. The normalized spacial score (nSPS) is 11.6. The lowest BCUT2D eigenvalue weighted by Crippen LogP contribution is -2.12. The molecule has 0 saturated carbocycles. The fraction of sp³-hybridized carbons (Fsp3) is 0.219. The Morgan fingerprint density at radius 3 is 2.09 bits per heavy atom. The number of imidazole rings is 1. The first kappa shape index (κ1) is 22.9. The van der Waals surface area contributed by atoms with E-state index < -0.39 is 0 Å². The summed E-state index contributed by atoms with van der Waals surface area (Å²) < 4.78 is 8.41. The molecule has 0 aliphatic rings. The minimum atomic E-state index is 0.141. The van der Waals surface area contributed by atoms with Crippen LogP contribution in [0.1, 0.15) is 37.7 Å². The molecule has 5 rings (SSSR count). The van der Waals surface area contributed by atoms with Crippen molar-refractivity contribution in [1.82, 2.24) is 9.55 Å². The quantitative estimate of drug-likeness (QED) is 0.249. The standard InChI is InChI=1S/C32H32N2O/c1-32(2,3)27-17-19-28(20-18-27)35-22-21-34-30-12-8-7-11-29(30)33-31(34)23-24-13-15-26(16-14-24)25-9-5-4-6-10-25/h4-20H,21-23H2,1-3H3. The zero-order chi connectivity index (χ0) is 24.3. The number of hydrogen-bond donors (Lipinski definition) is 0. The molecule has 0 bridgehead atoms. The Balaban J connectivity index is 1.32. The van der Waals surface area contributed by atoms with Crippen molar-refractivity contribution < 1.29 is 4.74 Å². The summed E-state index contributed by atoms with van der Waals surface area (Å²) in [7, 11) is 0. The molecule has 0 atom stereocenters. The predicted octanol–water partition coefficient (Wildman–Crippen LogP) is 7.67. The predicted molar refractivity (Wildman–Crippen MR) is 145 cm³/mol. The van der Waals surface area contributed by atoms with Crippen LogP contribution >= 0.6 is 0 Å². The molecule has 0 spiro atoms. The summed E-state index contributed by atoms with van der Waals surface area (Å²) in [5.74, 6) is 1.96. The van der Waals surface area contributed by atoms with Crippen molar-refractivity contribution in [3.05, 3.63) is 120 Å². The van der Waals surface area contributed by atoms with Gasteiger partial charge in [0.1, 0.15) is 18.2 Å². The fourth-order valence-electron chi connectivity index (χ4n) is 4.44. The first-order valence-corrected chi connectivity index (χ1v) is 12.3. The van der Waals surface area contributed by atoms with E-state index in [1.54, 1.807) is 0 Å². The van der Waals surface area contributed by atoms with E-state index >= 15 is 0 Å². The second kappa shape index (κ2) is 9.79. The third kappa shape index (κ3) is 5.30. The summed E-state index contributed by atoms with van der Waals surface area (Å²) in [5, 5.41) is 0. The van der Waals surface area contributed by atoms with Crippen molar-refractivity contribution in [2.75, 3.05) is 6.61 Å². The topological polar surface area (TPSA) is 27.1 Å². The molecule has 35 heavy (non-hydrogen) atoms. The highest BCUT2D eigenvalue weighted by Crippen LogP contribution is 2.25. The van der Waals surface area contributed by atoms with Gasteiger partial charge in [0.25, 0.3) is 0 Å². The molecule has 176 valence electrons. The van der Waals surface area contributed by atoms with Gasteiger partial charge in [0.15, 0.2) is 0 Å². The number of rotatable bonds is 7. The monoisotopic (exact) mass is 460 g/mol. The fourth-order valence-corrected chi connectivity index (χ4v) is 4.44. The van der Waals surface area contributed by atoms with Crippen molar-refractivity contribution >= 4 is 11.0 Å². The zero-order valence-corrected chi connectivity index (χ0v) is 20.7. The summed E-state index contributed by atoms with van der Waals surface area (Å²) in [4.78, 5) is 4.96. The summed E-state index contributed by atoms with van der Waals surface area (Å²) in [6, 6.07) is 36.1. The van der Waals surface area contributed by atoms with Gasteiger partial charge >= 0.3 is 0 Å². The number of aromatic nitrogens is 2. The molecular weight excluding hydrogens is 428 g/mol. The molecule has 0 aliphatic heterocycles. The van der Waals surface area contributed by atoms with E-state index in [0.29, 0.717) is 6.61 Å². The number of benzene rings is 4. The van der Waals surface area contributed by atoms with Crippen molar-refractivity contribution in [3.8, 4) is 16.9 Å². The Bertz CT molecular complexity index is 1390. The summed E-state index contributed by atoms with van der Waals surface area (Å²) in [6.07, 6.45) is 0.782. The van der Waals surface area contributed by atoms with Gasteiger partial charge in [-0.3, -0.25) is 0 Å². The Labute approximate surface area is 208 Å². The third-order valence-electron chi connectivity index (χ3n) is 6.46. The Kier molecular flexibility index (Phi) is 6.41. The van der Waals surface area contributed by atoms with Gasteiger partial charge in [-0.05, 0) is 51.9 Å². The van der Waals surface area contributed by atoms with Crippen LogP contribution in [0.5, 0.6) is 5.75 Å². The van der Waals surface area contributed by atoms with Crippen molar-refractivity contribution in [3.63, 3.8) is 0 Å². The molecule has 0 unspecified atom stereocenters. The van der Waals surface area contributed by atoms with Crippen LogP contribution in [0.2, 0.25) is 0 Å². The van der Waals surface area contributed by atoms with Crippen molar-refractivity contribution in [2.45, 2.75) is 39.2 Å². The number of fused-ring (bicyclic) bond motifs is 1. The summed E-state index contributed by atoms with van der Waals surface area (Å²) >= 11 is 0. The maximum Gasteiger partial charge on any atom is 0.119 e. The maximum atomic E-state index is 6.12. The molecule has 4 aromatic carbocycles. The zero-order valence-electron chi connectivity index (χ0n) is 20.7. The Morgan fingerprint density at radius 1 is 0.714 bits per heavy atom. The molecule has 3 nitrogen and oxygen atoms in total. The van der Waals surface area contributed by atoms with Crippen molar-refractivity contribution in [2.24, 2.45) is 0 Å². The Hall–Kier alpha value is -3.85. The lowest BCUT2D eigenvalue weighted by molar-refractivity contribution is 0.298. The molecule has 1 aromatic heterocycles. The van der Waals surface area contributed by atoms with Crippen LogP contribution in [0, 0.1) is 0 Å². The van der Waals surface area contributed by atoms with Crippen LogP contribution in [0.25, 0.3) is 22.2 Å². The van der Waals surface area contributed by atoms with E-state index in [1.165, 1.54) is 22.3 Å². The maximum absolute atomic E-state index is 6.12. The molecule has 0 fully saturated rings. The first-order chi connectivity index (χ1) is 17.0. The van der Waals surface area contributed by atoms with Crippen LogP contribution in [0.4, 0.5) is 0 Å². The van der Waals surface area contributed by atoms with Crippen LogP contribution in [-0.2, 0) is 18.4 Å². The average molecular weight is 461 g/mol. The van der Waals surface area contributed by atoms with Gasteiger partial charge in [-0.25, -0.2) is 4.98 Å². The smallest absolute Gasteiger partial charge is 0.119 e. The van der Waals surface area contributed by atoms with Gasteiger partial charge in [0, 0.05) is 6.42 Å². The van der Waals surface area contributed by atoms with Crippen LogP contribution in [0.3, 0.4) is 0 Å². The first-order valence-electron chi connectivity index (χ1n) is 12.3. The van der Waals surface area contributed by atoms with E-state index in [2.05, 4.69) is 116 Å². The minimum absolute atomic E-state index is 0.141. The van der Waals surface area contributed by atoms with Crippen molar-refractivity contribution in [1.29, 1.82) is 0 Å². The van der Waals surface area contributed by atoms with Crippen LogP contribution in [-0.4, -0.2) is 16.2 Å². The number of nitrogens with zero attached hydrogens (tertiary/aromatic N) is 2. The molecular formula is C32H32N2O. The van der Waals surface area contributed by atoms with Gasteiger partial charge in [-0.15, -0.1) is 0 Å². The lowest BCUT2D eigenvalue weighted by atomic mass is 9.87. The number of hydrogen-bond acceptors (Lipinski definition) is 2. The summed E-state index contributed by atoms with van der Waals surface area (Å²) in [6.45, 7) is 8.02. The SMILES string of the molecule is CC(C)(C)c1ccc(OCCn2c(Cc3ccc(-c4ccccc4)cc3)nc3ccccc32)cc1. The largest absolute Gasteiger partial charge is 0.492 e. The third-order valence-corrected chi connectivity index (χ3v) is 6.46. The van der Waals surface area contributed by atoms with E-state index in [9.17, 15) is 0 Å². The van der Waals surface area contributed by atoms with Gasteiger partial charge < -0.3 is 9.30 Å². The van der Waals surface area contributed by atoms with E-state index in [1.807, 2.05) is 12.1 Å². The molecule has 0 aliphatic carbocycles. The highest BCUT2D eigenvalue weighted by Gasteiger charge is 2.14. The molecule has 5 aromatic rings. The van der Waals surface area contributed by atoms with E-state index in [-0.39, 0.29) is 5.41 Å². The second-order valence-corrected chi connectivity index (χ2v) is 10.0. The van der Waals surface area contributed by atoms with Gasteiger partial charge in [0.2, 0.25) is 0 Å². The summed E-state index contributed by atoms with van der Waals surface area (Å²) in [5.41, 5.74) is 7.34. The minimum Gasteiger partial charge on any atom is -0.492 e. The van der Waals surface area contributed by atoms with Crippen LogP contribution < -0.4 is 4.74 Å². The molecule has 0 N–H and O–H groups in total. The lowest BCUT2D eigenvalue weighted by Gasteiger charge is -2.19.